The Balaban J connectivity index is 1.22. The summed E-state index contributed by atoms with van der Waals surface area (Å²) in [6.45, 7) is 4.64. The van der Waals surface area contributed by atoms with Crippen LogP contribution in [0.5, 0.6) is 0 Å². The molecular formula is C33H38N2O5. The first kappa shape index (κ1) is 28.9. The number of hydrogen-bond acceptors (Lipinski definition) is 4. The summed E-state index contributed by atoms with van der Waals surface area (Å²) in [6.07, 6.45) is 1.56. The summed E-state index contributed by atoms with van der Waals surface area (Å²) >= 11 is 0. The van der Waals surface area contributed by atoms with Crippen molar-refractivity contribution in [3.63, 3.8) is 0 Å². The lowest BCUT2D eigenvalue weighted by Gasteiger charge is -2.26. The maximum absolute atomic E-state index is 13.1. The number of alkyl carbamates (subject to hydrolysis) is 1. The highest BCUT2D eigenvalue weighted by atomic mass is 16.5. The Morgan fingerprint density at radius 3 is 2.10 bits per heavy atom. The van der Waals surface area contributed by atoms with Crippen LogP contribution >= 0.6 is 0 Å². The van der Waals surface area contributed by atoms with Crippen LogP contribution < -0.4 is 5.32 Å². The van der Waals surface area contributed by atoms with E-state index in [0.717, 1.165) is 12.0 Å². The number of ether oxygens (including phenoxy) is 1. The van der Waals surface area contributed by atoms with Crippen molar-refractivity contribution >= 4 is 18.0 Å². The van der Waals surface area contributed by atoms with E-state index in [2.05, 4.69) is 29.6 Å². The highest BCUT2D eigenvalue weighted by molar-refractivity contribution is 5.80. The Bertz CT molecular complexity index is 1260. The van der Waals surface area contributed by atoms with E-state index in [-0.39, 0.29) is 43.4 Å². The number of carboxylic acid groups (broad SMARTS) is 1. The van der Waals surface area contributed by atoms with E-state index in [9.17, 15) is 14.4 Å². The predicted molar refractivity (Wildman–Crippen MR) is 155 cm³/mol. The summed E-state index contributed by atoms with van der Waals surface area (Å²) in [6, 6.07) is 26.0. The third-order valence-corrected chi connectivity index (χ3v) is 7.53. The number of hydrogen-bond donors (Lipinski definition) is 2. The van der Waals surface area contributed by atoms with Crippen LogP contribution in [0.2, 0.25) is 0 Å². The standard InChI is InChI=1S/C33H38N2O5/c1-23(32(38)35(20-19-31(36)37)21-25-13-4-3-5-14-25)11-10-12-24(2)34-33(39)40-22-30-28-17-8-6-15-26(28)27-16-7-9-18-29(27)30/h3-9,13-18,23-24,30H,10-12,19-22H2,1-2H3,(H,34,39)(H,36,37). The lowest BCUT2D eigenvalue weighted by atomic mass is 9.98. The number of benzene rings is 3. The Kier molecular flexibility index (Phi) is 9.95. The number of rotatable bonds is 13. The number of carboxylic acids is 1. The van der Waals surface area contributed by atoms with E-state index in [1.807, 2.05) is 68.4 Å². The molecule has 0 bridgehead atoms. The molecule has 0 saturated carbocycles. The van der Waals surface area contributed by atoms with E-state index in [1.54, 1.807) is 4.90 Å². The van der Waals surface area contributed by atoms with Crippen LogP contribution in [0.4, 0.5) is 4.79 Å². The van der Waals surface area contributed by atoms with Gasteiger partial charge in [0.2, 0.25) is 5.91 Å². The van der Waals surface area contributed by atoms with E-state index in [1.165, 1.54) is 22.3 Å². The van der Waals surface area contributed by atoms with Crippen molar-refractivity contribution in [2.75, 3.05) is 13.2 Å². The number of nitrogens with one attached hydrogen (secondary N) is 1. The van der Waals surface area contributed by atoms with Crippen molar-refractivity contribution in [2.24, 2.45) is 5.92 Å². The summed E-state index contributed by atoms with van der Waals surface area (Å²) in [5.74, 6) is -1.21. The van der Waals surface area contributed by atoms with Gasteiger partial charge in [-0.05, 0) is 47.6 Å². The number of carbonyl (C=O) groups excluding carboxylic acids is 2. The molecule has 0 radical (unpaired) electrons. The van der Waals surface area contributed by atoms with Gasteiger partial charge in [0.25, 0.3) is 0 Å². The van der Waals surface area contributed by atoms with Crippen LogP contribution in [0.1, 0.15) is 62.1 Å². The van der Waals surface area contributed by atoms with Gasteiger partial charge >= 0.3 is 12.1 Å². The third-order valence-electron chi connectivity index (χ3n) is 7.53. The average Bonchev–Trinajstić information content (AvgIpc) is 3.27. The molecule has 3 aromatic rings. The second kappa shape index (κ2) is 13.8. The number of aliphatic carboxylic acids is 1. The molecule has 2 N–H and O–H groups in total. The van der Waals surface area contributed by atoms with Crippen molar-refractivity contribution in [3.8, 4) is 11.1 Å². The molecule has 2 atom stereocenters. The first-order valence-corrected chi connectivity index (χ1v) is 14.0. The minimum Gasteiger partial charge on any atom is -0.481 e. The zero-order valence-electron chi connectivity index (χ0n) is 23.2. The summed E-state index contributed by atoms with van der Waals surface area (Å²) in [5, 5.41) is 12.0. The molecule has 0 fully saturated rings. The zero-order chi connectivity index (χ0) is 28.5. The molecule has 2 unspecified atom stereocenters. The van der Waals surface area contributed by atoms with E-state index >= 15 is 0 Å². The highest BCUT2D eigenvalue weighted by Crippen LogP contribution is 2.44. The zero-order valence-corrected chi connectivity index (χ0v) is 23.2. The van der Waals surface area contributed by atoms with Crippen LogP contribution in [0, 0.1) is 5.92 Å². The molecule has 0 saturated heterocycles. The van der Waals surface area contributed by atoms with Gasteiger partial charge in [0.1, 0.15) is 6.61 Å². The van der Waals surface area contributed by atoms with Crippen LogP contribution in [0.3, 0.4) is 0 Å². The molecule has 40 heavy (non-hydrogen) atoms. The molecule has 0 aliphatic heterocycles. The predicted octanol–water partition coefficient (Wildman–Crippen LogP) is 6.22. The van der Waals surface area contributed by atoms with Crippen LogP contribution in [-0.4, -0.2) is 47.2 Å². The van der Waals surface area contributed by atoms with Gasteiger partial charge in [-0.15, -0.1) is 0 Å². The van der Waals surface area contributed by atoms with Crippen LogP contribution in [0.15, 0.2) is 78.9 Å². The summed E-state index contributed by atoms with van der Waals surface area (Å²) in [5.41, 5.74) is 5.69. The van der Waals surface area contributed by atoms with Gasteiger partial charge < -0.3 is 20.1 Å². The largest absolute Gasteiger partial charge is 0.481 e. The minimum absolute atomic E-state index is 0.0141. The molecule has 0 aromatic heterocycles. The number of amides is 2. The normalized spacial score (nSPS) is 13.6. The Morgan fingerprint density at radius 1 is 0.875 bits per heavy atom. The van der Waals surface area contributed by atoms with Gasteiger partial charge in [0.15, 0.2) is 0 Å². The third kappa shape index (κ3) is 7.50. The van der Waals surface area contributed by atoms with E-state index in [0.29, 0.717) is 19.4 Å². The fourth-order valence-corrected chi connectivity index (χ4v) is 5.38. The molecular weight excluding hydrogens is 504 g/mol. The second-order valence-corrected chi connectivity index (χ2v) is 10.6. The first-order valence-electron chi connectivity index (χ1n) is 14.0. The molecule has 1 aliphatic carbocycles. The quantitative estimate of drug-likeness (QED) is 0.267. The molecule has 210 valence electrons. The van der Waals surface area contributed by atoms with Crippen LogP contribution in [-0.2, 0) is 20.9 Å². The molecule has 4 rings (SSSR count). The molecule has 7 heteroatoms. The van der Waals surface area contributed by atoms with Gasteiger partial charge in [-0.3, -0.25) is 9.59 Å². The Labute approximate surface area is 236 Å². The lowest BCUT2D eigenvalue weighted by Crippen LogP contribution is -2.37. The Hall–Kier alpha value is -4.13. The minimum atomic E-state index is -0.924. The lowest BCUT2D eigenvalue weighted by molar-refractivity contribution is -0.140. The monoisotopic (exact) mass is 542 g/mol. The van der Waals surface area contributed by atoms with Crippen LogP contribution in [0.25, 0.3) is 11.1 Å². The van der Waals surface area contributed by atoms with Gasteiger partial charge in [0, 0.05) is 31.0 Å². The fraction of sp³-hybridized carbons (Fsp3) is 0.364. The van der Waals surface area contributed by atoms with E-state index in [4.69, 9.17) is 9.84 Å². The topological polar surface area (TPSA) is 95.9 Å². The van der Waals surface area contributed by atoms with Gasteiger partial charge in [-0.2, -0.15) is 0 Å². The van der Waals surface area contributed by atoms with Gasteiger partial charge in [0.05, 0.1) is 6.42 Å². The van der Waals surface area contributed by atoms with Crippen molar-refractivity contribution in [1.82, 2.24) is 10.2 Å². The average molecular weight is 543 g/mol. The maximum Gasteiger partial charge on any atom is 0.407 e. The fourth-order valence-electron chi connectivity index (χ4n) is 5.38. The molecule has 3 aromatic carbocycles. The maximum atomic E-state index is 13.1. The number of fused-ring (bicyclic) bond motifs is 3. The van der Waals surface area contributed by atoms with Crippen molar-refractivity contribution in [1.29, 1.82) is 0 Å². The highest BCUT2D eigenvalue weighted by Gasteiger charge is 2.29. The van der Waals surface area contributed by atoms with Crippen molar-refractivity contribution < 1.29 is 24.2 Å². The molecule has 0 spiro atoms. The summed E-state index contributed by atoms with van der Waals surface area (Å²) < 4.78 is 5.65. The smallest absolute Gasteiger partial charge is 0.407 e. The van der Waals surface area contributed by atoms with Gasteiger partial charge in [-0.1, -0.05) is 92.2 Å². The first-order chi connectivity index (χ1) is 19.3. The van der Waals surface area contributed by atoms with Gasteiger partial charge in [-0.25, -0.2) is 4.79 Å². The molecule has 1 aliphatic rings. The molecule has 0 heterocycles. The second-order valence-electron chi connectivity index (χ2n) is 10.6. The molecule has 2 amide bonds. The number of carbonyl (C=O) groups is 3. The SMILES string of the molecule is CC(CCCC(C)C(=O)N(CCC(=O)O)Cc1ccccc1)NC(=O)OCC1c2ccccc2-c2ccccc21. The summed E-state index contributed by atoms with van der Waals surface area (Å²) in [4.78, 5) is 38.5. The Morgan fingerprint density at radius 2 is 1.48 bits per heavy atom. The molecule has 7 nitrogen and oxygen atoms in total. The van der Waals surface area contributed by atoms with Crippen molar-refractivity contribution in [3.05, 3.63) is 95.6 Å². The number of nitrogens with zero attached hydrogens (tertiary/aromatic N) is 1. The summed E-state index contributed by atoms with van der Waals surface area (Å²) in [7, 11) is 0. The van der Waals surface area contributed by atoms with Crippen molar-refractivity contribution in [2.45, 2.75) is 58.0 Å². The van der Waals surface area contributed by atoms with E-state index < -0.39 is 12.1 Å².